The quantitative estimate of drug-likeness (QED) is 0.366. The van der Waals surface area contributed by atoms with Crippen LogP contribution in [0.15, 0.2) is 35.5 Å². The Bertz CT molecular complexity index is 744. The number of aryl methyl sites for hydroxylation is 1. The molecule has 0 spiro atoms. The number of hydrogen-bond donors (Lipinski definition) is 2. The van der Waals surface area contributed by atoms with Gasteiger partial charge in [0.25, 0.3) is 0 Å². The molecule has 2 aromatic rings. The second kappa shape index (κ2) is 10.4. The van der Waals surface area contributed by atoms with Gasteiger partial charge >= 0.3 is 6.18 Å². The number of rotatable bonds is 6. The van der Waals surface area contributed by atoms with Crippen molar-refractivity contribution >= 4 is 29.9 Å². The number of nitrogens with one attached hydrogen (secondary N) is 2. The number of ether oxygens (including phenoxy) is 1. The van der Waals surface area contributed by atoms with Crippen molar-refractivity contribution in [2.45, 2.75) is 19.1 Å². The molecule has 0 aliphatic carbocycles. The molecule has 10 heteroatoms. The van der Waals surface area contributed by atoms with Crippen molar-refractivity contribution in [1.82, 2.24) is 20.4 Å². The highest BCUT2D eigenvalue weighted by atomic mass is 127. The molecule has 0 aliphatic rings. The summed E-state index contributed by atoms with van der Waals surface area (Å²) in [7, 11) is 4.63. The molecule has 0 aliphatic heterocycles. The summed E-state index contributed by atoms with van der Waals surface area (Å²) in [5.74, 6) is 1.21. The first kappa shape index (κ1) is 23.1. The summed E-state index contributed by atoms with van der Waals surface area (Å²) in [4.78, 5) is 4.03. The standard InChI is InChI=1S/C17H22F3N5O.HI/c1-21-16(22-9-8-12-4-6-14(26-3)7-5-12)23-10-13-11-25(2)24-15(13)17(18,19)20;/h4-7,11H,8-10H2,1-3H3,(H2,21,22,23);1H. The van der Waals surface area contributed by atoms with E-state index in [1.165, 1.54) is 13.2 Å². The third kappa shape index (κ3) is 6.92. The molecule has 0 saturated heterocycles. The van der Waals surface area contributed by atoms with Crippen molar-refractivity contribution < 1.29 is 17.9 Å². The topological polar surface area (TPSA) is 63.5 Å². The number of nitrogens with zero attached hydrogens (tertiary/aromatic N) is 3. The van der Waals surface area contributed by atoms with Crippen molar-refractivity contribution in [2.75, 3.05) is 20.7 Å². The van der Waals surface area contributed by atoms with Gasteiger partial charge < -0.3 is 15.4 Å². The van der Waals surface area contributed by atoms with Crippen LogP contribution in [0.2, 0.25) is 0 Å². The normalized spacial score (nSPS) is 11.7. The number of methoxy groups -OCH3 is 1. The van der Waals surface area contributed by atoms with Crippen molar-refractivity contribution in [3.05, 3.63) is 47.3 Å². The number of guanidine groups is 1. The van der Waals surface area contributed by atoms with Crippen LogP contribution in [0, 0.1) is 0 Å². The van der Waals surface area contributed by atoms with Crippen molar-refractivity contribution in [2.24, 2.45) is 12.0 Å². The molecule has 0 unspecified atom stereocenters. The van der Waals surface area contributed by atoms with Crippen LogP contribution in [-0.2, 0) is 26.2 Å². The number of hydrogen-bond acceptors (Lipinski definition) is 3. The Balaban J connectivity index is 0.00000364. The van der Waals surface area contributed by atoms with E-state index in [4.69, 9.17) is 4.74 Å². The van der Waals surface area contributed by atoms with E-state index in [1.54, 1.807) is 14.2 Å². The van der Waals surface area contributed by atoms with Gasteiger partial charge in [-0.25, -0.2) is 0 Å². The molecule has 0 fully saturated rings. The molecule has 1 heterocycles. The summed E-state index contributed by atoms with van der Waals surface area (Å²) in [5.41, 5.74) is 0.291. The first-order valence-electron chi connectivity index (χ1n) is 8.00. The molecule has 1 aromatic carbocycles. The molecule has 0 radical (unpaired) electrons. The summed E-state index contributed by atoms with van der Waals surface area (Å²) >= 11 is 0. The molecule has 0 bridgehead atoms. The largest absolute Gasteiger partial charge is 0.497 e. The SMILES string of the molecule is CN=C(NCCc1ccc(OC)cc1)NCc1cn(C)nc1C(F)(F)F.I. The fourth-order valence-corrected chi connectivity index (χ4v) is 2.42. The summed E-state index contributed by atoms with van der Waals surface area (Å²) in [6.45, 7) is 0.566. The van der Waals surface area contributed by atoms with Gasteiger partial charge in [0.15, 0.2) is 11.7 Å². The Labute approximate surface area is 173 Å². The fourth-order valence-electron chi connectivity index (χ4n) is 2.42. The van der Waals surface area contributed by atoms with Crippen LogP contribution >= 0.6 is 24.0 Å². The zero-order chi connectivity index (χ0) is 19.2. The Hall–Kier alpha value is -1.98. The van der Waals surface area contributed by atoms with E-state index in [2.05, 4.69) is 20.7 Å². The molecular formula is C17H23F3IN5O. The van der Waals surface area contributed by atoms with E-state index >= 15 is 0 Å². The lowest BCUT2D eigenvalue weighted by atomic mass is 10.1. The van der Waals surface area contributed by atoms with Crippen LogP contribution in [0.25, 0.3) is 0 Å². The van der Waals surface area contributed by atoms with Gasteiger partial charge in [0.2, 0.25) is 0 Å². The predicted octanol–water partition coefficient (Wildman–Crippen LogP) is 2.97. The highest BCUT2D eigenvalue weighted by molar-refractivity contribution is 14.0. The maximum atomic E-state index is 13.0. The first-order chi connectivity index (χ1) is 12.3. The number of aromatic nitrogens is 2. The molecule has 2 rings (SSSR count). The van der Waals surface area contributed by atoms with Gasteiger partial charge in [0, 0.05) is 38.9 Å². The smallest absolute Gasteiger partial charge is 0.435 e. The second-order valence-corrected chi connectivity index (χ2v) is 5.62. The van der Waals surface area contributed by atoms with Gasteiger partial charge in [-0.2, -0.15) is 18.3 Å². The molecule has 2 N–H and O–H groups in total. The van der Waals surface area contributed by atoms with Gasteiger partial charge in [0.05, 0.1) is 7.11 Å². The lowest BCUT2D eigenvalue weighted by Gasteiger charge is -2.12. The van der Waals surface area contributed by atoms with E-state index in [9.17, 15) is 13.2 Å². The Kier molecular flexibility index (Phi) is 8.86. The maximum Gasteiger partial charge on any atom is 0.435 e. The molecular weight excluding hydrogens is 474 g/mol. The number of benzene rings is 1. The van der Waals surface area contributed by atoms with Gasteiger partial charge in [-0.15, -0.1) is 24.0 Å². The van der Waals surface area contributed by atoms with Gasteiger partial charge in [-0.1, -0.05) is 12.1 Å². The molecule has 150 valence electrons. The van der Waals surface area contributed by atoms with E-state index in [0.29, 0.717) is 12.5 Å². The van der Waals surface area contributed by atoms with E-state index < -0.39 is 11.9 Å². The van der Waals surface area contributed by atoms with Crippen LogP contribution in [0.5, 0.6) is 5.75 Å². The summed E-state index contributed by atoms with van der Waals surface area (Å²) in [6, 6.07) is 7.68. The number of aliphatic imine (C=N–C) groups is 1. The van der Waals surface area contributed by atoms with Crippen molar-refractivity contribution in [1.29, 1.82) is 0 Å². The minimum Gasteiger partial charge on any atom is -0.497 e. The minimum atomic E-state index is -4.48. The van der Waals surface area contributed by atoms with Gasteiger partial charge in [0.1, 0.15) is 5.75 Å². The second-order valence-electron chi connectivity index (χ2n) is 5.62. The van der Waals surface area contributed by atoms with E-state index in [1.807, 2.05) is 24.3 Å². The van der Waals surface area contributed by atoms with Crippen LogP contribution < -0.4 is 15.4 Å². The highest BCUT2D eigenvalue weighted by Crippen LogP contribution is 2.30. The lowest BCUT2D eigenvalue weighted by Crippen LogP contribution is -2.38. The molecule has 0 saturated carbocycles. The van der Waals surface area contributed by atoms with E-state index in [-0.39, 0.29) is 36.1 Å². The number of halogens is 4. The average Bonchev–Trinajstić information content (AvgIpc) is 2.99. The Morgan fingerprint density at radius 2 is 1.89 bits per heavy atom. The zero-order valence-corrected chi connectivity index (χ0v) is 17.6. The highest BCUT2D eigenvalue weighted by Gasteiger charge is 2.36. The molecule has 1 aromatic heterocycles. The van der Waals surface area contributed by atoms with Gasteiger partial charge in [-0.3, -0.25) is 9.67 Å². The van der Waals surface area contributed by atoms with Gasteiger partial charge in [-0.05, 0) is 24.1 Å². The minimum absolute atomic E-state index is 0. The van der Waals surface area contributed by atoms with Crippen LogP contribution in [-0.4, -0.2) is 36.4 Å². The molecule has 0 atom stereocenters. The lowest BCUT2D eigenvalue weighted by molar-refractivity contribution is -0.142. The zero-order valence-electron chi connectivity index (χ0n) is 15.3. The number of alkyl halides is 3. The first-order valence-corrected chi connectivity index (χ1v) is 8.00. The summed E-state index contributed by atoms with van der Waals surface area (Å²) in [5, 5.41) is 9.45. The monoisotopic (exact) mass is 497 g/mol. The van der Waals surface area contributed by atoms with Crippen molar-refractivity contribution in [3.63, 3.8) is 0 Å². The molecule has 0 amide bonds. The van der Waals surface area contributed by atoms with Crippen molar-refractivity contribution in [3.8, 4) is 5.75 Å². The third-order valence-electron chi connectivity index (χ3n) is 3.71. The maximum absolute atomic E-state index is 13.0. The Morgan fingerprint density at radius 3 is 2.44 bits per heavy atom. The van der Waals surface area contributed by atoms with Crippen LogP contribution in [0.4, 0.5) is 13.2 Å². The predicted molar refractivity (Wildman–Crippen MR) is 109 cm³/mol. The molecule has 6 nitrogen and oxygen atoms in total. The van der Waals surface area contributed by atoms with Crippen LogP contribution in [0.1, 0.15) is 16.8 Å². The average molecular weight is 497 g/mol. The summed E-state index contributed by atoms with van der Waals surface area (Å²) < 4.78 is 45.1. The van der Waals surface area contributed by atoms with E-state index in [0.717, 1.165) is 22.4 Å². The van der Waals surface area contributed by atoms with Crippen LogP contribution in [0.3, 0.4) is 0 Å². The molecule has 27 heavy (non-hydrogen) atoms. The third-order valence-corrected chi connectivity index (χ3v) is 3.71. The summed E-state index contributed by atoms with van der Waals surface area (Å²) in [6.07, 6.45) is -2.39. The fraction of sp³-hybridized carbons (Fsp3) is 0.412. The Morgan fingerprint density at radius 1 is 1.22 bits per heavy atom.